The molecule has 0 spiro atoms. The third-order valence-corrected chi connectivity index (χ3v) is 4.34. The fraction of sp³-hybridized carbons (Fsp3) is 0.400. The van der Waals surface area contributed by atoms with Gasteiger partial charge in [-0.15, -0.1) is 0 Å². The maximum atomic E-state index is 11.9. The van der Waals surface area contributed by atoms with Gasteiger partial charge >= 0.3 is 0 Å². The third kappa shape index (κ3) is 4.31. The highest BCUT2D eigenvalue weighted by Crippen LogP contribution is 2.08. The highest BCUT2D eigenvalue weighted by atomic mass is 32.2. The second-order valence-corrected chi connectivity index (χ2v) is 6.18. The van der Waals surface area contributed by atoms with Crippen molar-refractivity contribution in [2.75, 3.05) is 5.75 Å². The summed E-state index contributed by atoms with van der Waals surface area (Å²) < 4.78 is 14.0. The first kappa shape index (κ1) is 14.0. The zero-order valence-electron chi connectivity index (χ0n) is 11.3. The Hall–Kier alpha value is -1.42. The molecule has 0 N–H and O–H groups in total. The summed E-state index contributed by atoms with van der Waals surface area (Å²) in [5, 5.41) is 0. The molecule has 2 aromatic rings. The van der Waals surface area contributed by atoms with E-state index in [1.165, 1.54) is 5.56 Å². The Morgan fingerprint density at radius 1 is 1.26 bits per heavy atom. The van der Waals surface area contributed by atoms with Crippen LogP contribution in [-0.2, 0) is 23.1 Å². The predicted molar refractivity (Wildman–Crippen MR) is 79.4 cm³/mol. The zero-order chi connectivity index (χ0) is 13.5. The van der Waals surface area contributed by atoms with Crippen LogP contribution in [0, 0.1) is 0 Å². The van der Waals surface area contributed by atoms with Crippen LogP contribution >= 0.6 is 0 Å². The molecule has 102 valence electrons. The summed E-state index contributed by atoms with van der Waals surface area (Å²) >= 11 is 0. The van der Waals surface area contributed by atoms with Crippen molar-refractivity contribution in [3.63, 3.8) is 0 Å². The number of imidazole rings is 1. The highest BCUT2D eigenvalue weighted by Gasteiger charge is 2.07. The second-order valence-electron chi connectivity index (χ2n) is 4.60. The molecule has 3 nitrogen and oxygen atoms in total. The van der Waals surface area contributed by atoms with Crippen LogP contribution in [0.4, 0.5) is 0 Å². The van der Waals surface area contributed by atoms with Gasteiger partial charge in [0.2, 0.25) is 0 Å². The average Bonchev–Trinajstić information content (AvgIpc) is 2.85. The molecule has 0 fully saturated rings. The Morgan fingerprint density at radius 2 is 2.05 bits per heavy atom. The first-order valence-electron chi connectivity index (χ1n) is 6.68. The largest absolute Gasteiger partial charge is 0.330 e. The minimum Gasteiger partial charge on any atom is -0.330 e. The molecule has 1 atom stereocenters. The molecule has 0 radical (unpaired) electrons. The van der Waals surface area contributed by atoms with Crippen LogP contribution in [0.3, 0.4) is 0 Å². The molecule has 0 aliphatic rings. The van der Waals surface area contributed by atoms with Gasteiger partial charge in [-0.05, 0) is 12.0 Å². The summed E-state index contributed by atoms with van der Waals surface area (Å²) in [6.07, 6.45) is 5.85. The lowest BCUT2D eigenvalue weighted by Gasteiger charge is -2.08. The Morgan fingerprint density at radius 3 is 2.79 bits per heavy atom. The van der Waals surface area contributed by atoms with E-state index >= 15 is 0 Å². The fourth-order valence-corrected chi connectivity index (χ4v) is 3.21. The highest BCUT2D eigenvalue weighted by molar-refractivity contribution is 7.84. The number of benzene rings is 1. The lowest BCUT2D eigenvalue weighted by molar-refractivity contribution is 0.673. The molecular weight excluding hydrogens is 256 g/mol. The third-order valence-electron chi connectivity index (χ3n) is 3.01. The first-order chi connectivity index (χ1) is 9.29. The van der Waals surface area contributed by atoms with Crippen LogP contribution in [-0.4, -0.2) is 19.5 Å². The van der Waals surface area contributed by atoms with Gasteiger partial charge in [0.25, 0.3) is 0 Å². The fourth-order valence-electron chi connectivity index (χ4n) is 1.93. The van der Waals surface area contributed by atoms with Crippen molar-refractivity contribution in [1.29, 1.82) is 0 Å². The predicted octanol–water partition coefficient (Wildman–Crippen LogP) is 2.98. The van der Waals surface area contributed by atoms with Gasteiger partial charge in [-0.2, -0.15) is 0 Å². The van der Waals surface area contributed by atoms with E-state index in [4.69, 9.17) is 0 Å². The maximum absolute atomic E-state index is 11.9. The number of hydrogen-bond acceptors (Lipinski definition) is 2. The number of aromatic nitrogens is 2. The van der Waals surface area contributed by atoms with Gasteiger partial charge in [-0.1, -0.05) is 43.7 Å². The van der Waals surface area contributed by atoms with Gasteiger partial charge in [0, 0.05) is 35.5 Å². The monoisotopic (exact) mass is 276 g/mol. The van der Waals surface area contributed by atoms with Gasteiger partial charge in [0.1, 0.15) is 5.82 Å². The second kappa shape index (κ2) is 7.24. The molecule has 0 aliphatic carbocycles. The smallest absolute Gasteiger partial charge is 0.121 e. The molecule has 1 aromatic heterocycles. The van der Waals surface area contributed by atoms with E-state index in [9.17, 15) is 4.21 Å². The van der Waals surface area contributed by atoms with Crippen molar-refractivity contribution in [2.45, 2.75) is 32.1 Å². The molecule has 0 unspecified atom stereocenters. The maximum Gasteiger partial charge on any atom is 0.121 e. The van der Waals surface area contributed by atoms with E-state index < -0.39 is 10.8 Å². The van der Waals surface area contributed by atoms with Crippen molar-refractivity contribution < 1.29 is 4.21 Å². The molecule has 0 saturated carbocycles. The van der Waals surface area contributed by atoms with E-state index in [0.717, 1.165) is 31.0 Å². The summed E-state index contributed by atoms with van der Waals surface area (Å²) in [6.45, 7) is 2.91. The Labute approximate surface area is 117 Å². The summed E-state index contributed by atoms with van der Waals surface area (Å²) in [4.78, 5) is 4.33. The summed E-state index contributed by atoms with van der Waals surface area (Å²) in [7, 11) is -0.801. The lowest BCUT2D eigenvalue weighted by atomic mass is 10.2. The quantitative estimate of drug-likeness (QED) is 0.779. The van der Waals surface area contributed by atoms with Gasteiger partial charge in [0.15, 0.2) is 0 Å². The SMILES string of the molecule is CCCC[S@@](=O)Cc1nccn1Cc1ccccc1. The van der Waals surface area contributed by atoms with Gasteiger partial charge in [-0.25, -0.2) is 4.98 Å². The van der Waals surface area contributed by atoms with Crippen LogP contribution in [0.1, 0.15) is 31.2 Å². The number of unbranched alkanes of at least 4 members (excludes halogenated alkanes) is 1. The van der Waals surface area contributed by atoms with Crippen LogP contribution in [0.15, 0.2) is 42.7 Å². The standard InChI is InChI=1S/C15H20N2OS/c1-2-3-11-19(18)13-15-16-9-10-17(15)12-14-7-5-4-6-8-14/h4-10H,2-3,11-13H2,1H3/t19-/m1/s1. The van der Waals surface area contributed by atoms with Gasteiger partial charge in [-0.3, -0.25) is 4.21 Å². The van der Waals surface area contributed by atoms with Gasteiger partial charge < -0.3 is 4.57 Å². The number of hydrogen-bond donors (Lipinski definition) is 0. The molecule has 1 aromatic carbocycles. The zero-order valence-corrected chi connectivity index (χ0v) is 12.1. The topological polar surface area (TPSA) is 34.9 Å². The molecule has 4 heteroatoms. The van der Waals surface area contributed by atoms with E-state index in [2.05, 4.69) is 28.6 Å². The van der Waals surface area contributed by atoms with Crippen LogP contribution in [0.5, 0.6) is 0 Å². The van der Waals surface area contributed by atoms with E-state index in [1.54, 1.807) is 6.20 Å². The van der Waals surface area contributed by atoms with Crippen molar-refractivity contribution >= 4 is 10.8 Å². The molecule has 0 aliphatic heterocycles. The van der Waals surface area contributed by atoms with Crippen molar-refractivity contribution in [1.82, 2.24) is 9.55 Å². The van der Waals surface area contributed by atoms with E-state index in [1.807, 2.05) is 24.4 Å². The molecule has 1 heterocycles. The molecule has 0 saturated heterocycles. The van der Waals surface area contributed by atoms with E-state index in [0.29, 0.717) is 5.75 Å². The lowest BCUT2D eigenvalue weighted by Crippen LogP contribution is -2.09. The molecule has 0 amide bonds. The number of rotatable bonds is 7. The van der Waals surface area contributed by atoms with Crippen LogP contribution < -0.4 is 0 Å². The minimum absolute atomic E-state index is 0.555. The van der Waals surface area contributed by atoms with E-state index in [-0.39, 0.29) is 0 Å². The minimum atomic E-state index is -0.801. The first-order valence-corrected chi connectivity index (χ1v) is 8.17. The van der Waals surface area contributed by atoms with Crippen LogP contribution in [0.2, 0.25) is 0 Å². The number of nitrogens with zero attached hydrogens (tertiary/aromatic N) is 2. The van der Waals surface area contributed by atoms with Crippen molar-refractivity contribution in [3.8, 4) is 0 Å². The molecule has 0 bridgehead atoms. The average molecular weight is 276 g/mol. The summed E-state index contributed by atoms with van der Waals surface area (Å²) in [5.74, 6) is 2.24. The van der Waals surface area contributed by atoms with Crippen LogP contribution in [0.25, 0.3) is 0 Å². The van der Waals surface area contributed by atoms with Crippen molar-refractivity contribution in [2.24, 2.45) is 0 Å². The molecule has 2 rings (SSSR count). The van der Waals surface area contributed by atoms with Gasteiger partial charge in [0.05, 0.1) is 5.75 Å². The Kier molecular flexibility index (Phi) is 5.33. The molecule has 19 heavy (non-hydrogen) atoms. The normalized spacial score (nSPS) is 12.5. The van der Waals surface area contributed by atoms with Crippen molar-refractivity contribution in [3.05, 3.63) is 54.1 Å². The summed E-state index contributed by atoms with van der Waals surface area (Å²) in [6, 6.07) is 10.3. The Balaban J connectivity index is 2.00. The summed E-state index contributed by atoms with van der Waals surface area (Å²) in [5.41, 5.74) is 1.24. The Bertz CT molecular complexity index is 522. The molecular formula is C15H20N2OS.